The topological polar surface area (TPSA) is 44.8 Å². The maximum Gasteiger partial charge on any atom is 0.237 e. The average Bonchev–Trinajstić information content (AvgIpc) is 3.42. The molecule has 5 nitrogen and oxygen atoms in total. The van der Waals surface area contributed by atoms with Crippen molar-refractivity contribution in [3.63, 3.8) is 0 Å². The molecule has 1 saturated heterocycles. The Morgan fingerprint density at radius 2 is 1.74 bits per heavy atom. The van der Waals surface area contributed by atoms with Crippen molar-refractivity contribution in [1.82, 2.24) is 10.2 Å². The third kappa shape index (κ3) is 5.41. The van der Waals surface area contributed by atoms with Gasteiger partial charge in [-0.2, -0.15) is 0 Å². The highest BCUT2D eigenvalue weighted by Gasteiger charge is 2.34. The molecule has 2 aliphatic rings. The molecule has 0 unspecified atom stereocenters. The number of hydrogen-bond donors (Lipinski definition) is 1. The molecule has 0 bridgehead atoms. The van der Waals surface area contributed by atoms with Crippen LogP contribution in [-0.4, -0.2) is 43.1 Å². The number of ether oxygens (including phenoxy) is 1. The van der Waals surface area contributed by atoms with Crippen molar-refractivity contribution in [2.75, 3.05) is 25.0 Å². The second kappa shape index (κ2) is 11.4. The van der Waals surface area contributed by atoms with Gasteiger partial charge in [0.1, 0.15) is 5.75 Å². The molecule has 3 aromatic carbocycles. The molecule has 200 valence electrons. The number of amides is 1. The second-order valence-electron chi connectivity index (χ2n) is 10.7. The maximum atomic E-state index is 12.4. The molecular formula is C32H38ClN3O2. The molecule has 0 spiro atoms. The van der Waals surface area contributed by atoms with Crippen molar-refractivity contribution in [3.8, 4) is 5.75 Å². The smallest absolute Gasteiger partial charge is 0.237 e. The minimum Gasteiger partial charge on any atom is -0.491 e. The summed E-state index contributed by atoms with van der Waals surface area (Å²) in [5, 5.41) is 3.58. The first-order valence-corrected chi connectivity index (χ1v) is 14.1. The van der Waals surface area contributed by atoms with E-state index < -0.39 is 0 Å². The van der Waals surface area contributed by atoms with Crippen LogP contribution in [0.5, 0.6) is 5.75 Å². The summed E-state index contributed by atoms with van der Waals surface area (Å²) < 4.78 is 6.08. The highest BCUT2D eigenvalue weighted by molar-refractivity contribution is 6.30. The van der Waals surface area contributed by atoms with Crippen molar-refractivity contribution < 1.29 is 9.53 Å². The van der Waals surface area contributed by atoms with Gasteiger partial charge in [0.25, 0.3) is 0 Å². The van der Waals surface area contributed by atoms with Gasteiger partial charge in [0.2, 0.25) is 5.91 Å². The summed E-state index contributed by atoms with van der Waals surface area (Å²) in [5.74, 6) is 1.02. The van der Waals surface area contributed by atoms with E-state index in [0.29, 0.717) is 0 Å². The molecule has 6 heteroatoms. The first-order chi connectivity index (χ1) is 18.4. The zero-order chi connectivity index (χ0) is 26.8. The number of halogens is 1. The second-order valence-corrected chi connectivity index (χ2v) is 11.1. The molecule has 1 amide bonds. The van der Waals surface area contributed by atoms with Gasteiger partial charge < -0.3 is 15.0 Å². The number of nitrogens with one attached hydrogen (secondary N) is 1. The summed E-state index contributed by atoms with van der Waals surface area (Å²) in [5.41, 5.74) is 6.26. The van der Waals surface area contributed by atoms with Crippen molar-refractivity contribution in [2.24, 2.45) is 0 Å². The highest BCUT2D eigenvalue weighted by atomic mass is 35.5. The summed E-state index contributed by atoms with van der Waals surface area (Å²) >= 11 is 6.26. The van der Waals surface area contributed by atoms with Gasteiger partial charge in [-0.05, 0) is 105 Å². The van der Waals surface area contributed by atoms with Crippen LogP contribution in [0.25, 0.3) is 0 Å². The number of carbonyl (C=O) groups is 1. The Hall–Kier alpha value is -3.02. The molecule has 3 aromatic rings. The van der Waals surface area contributed by atoms with Crippen LogP contribution in [0, 0.1) is 0 Å². The van der Waals surface area contributed by atoms with Crippen LogP contribution >= 0.6 is 11.6 Å². The molecular weight excluding hydrogens is 494 g/mol. The fraction of sp³-hybridized carbons (Fsp3) is 0.406. The van der Waals surface area contributed by atoms with Gasteiger partial charge in [0.05, 0.1) is 18.2 Å². The SMILES string of the molecule is CNC(=O)[C@H]1CCCN1[C@@H](C)c1ccc(N2CCc3ccc(OC(C)C)cc3[C@@H]2c2ccc(Cl)cc2)cc1. The number of nitrogens with zero attached hydrogens (tertiary/aromatic N) is 2. The van der Waals surface area contributed by atoms with E-state index in [2.05, 4.69) is 90.5 Å². The predicted molar refractivity (Wildman–Crippen MR) is 155 cm³/mol. The summed E-state index contributed by atoms with van der Waals surface area (Å²) in [7, 11) is 1.73. The summed E-state index contributed by atoms with van der Waals surface area (Å²) in [6.07, 6.45) is 3.07. The van der Waals surface area contributed by atoms with E-state index in [4.69, 9.17) is 16.3 Å². The molecule has 0 saturated carbocycles. The number of carbonyl (C=O) groups excluding carboxylic acids is 1. The molecule has 0 aliphatic carbocycles. The third-order valence-corrected chi connectivity index (χ3v) is 8.20. The van der Waals surface area contributed by atoms with E-state index in [1.54, 1.807) is 7.05 Å². The summed E-state index contributed by atoms with van der Waals surface area (Å²) in [6.45, 7) is 8.20. The minimum absolute atomic E-state index is 0.0511. The molecule has 1 N–H and O–H groups in total. The minimum atomic E-state index is -0.0511. The molecule has 2 aliphatic heterocycles. The number of fused-ring (bicyclic) bond motifs is 1. The van der Waals surface area contributed by atoms with Crippen LogP contribution in [0.4, 0.5) is 5.69 Å². The molecule has 5 rings (SSSR count). The van der Waals surface area contributed by atoms with Gasteiger partial charge in [-0.3, -0.25) is 9.69 Å². The van der Waals surface area contributed by atoms with Gasteiger partial charge in [0.15, 0.2) is 0 Å². The lowest BCUT2D eigenvalue weighted by Crippen LogP contribution is -2.43. The van der Waals surface area contributed by atoms with Gasteiger partial charge in [-0.15, -0.1) is 0 Å². The number of likely N-dealkylation sites (tertiary alicyclic amines) is 1. The number of likely N-dealkylation sites (N-methyl/N-ethyl adjacent to an activating group) is 1. The monoisotopic (exact) mass is 531 g/mol. The largest absolute Gasteiger partial charge is 0.491 e. The van der Waals surface area contributed by atoms with Crippen LogP contribution in [-0.2, 0) is 11.2 Å². The van der Waals surface area contributed by atoms with Gasteiger partial charge in [0, 0.05) is 30.3 Å². The molecule has 2 heterocycles. The summed E-state index contributed by atoms with van der Waals surface area (Å²) in [4.78, 5) is 17.2. The van der Waals surface area contributed by atoms with E-state index in [-0.39, 0.29) is 30.1 Å². The molecule has 38 heavy (non-hydrogen) atoms. The van der Waals surface area contributed by atoms with Crippen LogP contribution < -0.4 is 15.0 Å². The lowest BCUT2D eigenvalue weighted by Gasteiger charge is -2.40. The highest BCUT2D eigenvalue weighted by Crippen LogP contribution is 2.41. The van der Waals surface area contributed by atoms with Crippen LogP contribution in [0.1, 0.15) is 68.0 Å². The number of benzene rings is 3. The lowest BCUT2D eigenvalue weighted by atomic mass is 9.87. The van der Waals surface area contributed by atoms with Crippen molar-refractivity contribution >= 4 is 23.2 Å². The summed E-state index contributed by atoms with van der Waals surface area (Å²) in [6, 6.07) is 23.9. The normalized spacial score (nSPS) is 20.3. The maximum absolute atomic E-state index is 12.4. The Balaban J connectivity index is 1.46. The number of rotatable bonds is 7. The fourth-order valence-corrected chi connectivity index (χ4v) is 6.18. The van der Waals surface area contributed by atoms with E-state index in [9.17, 15) is 4.79 Å². The van der Waals surface area contributed by atoms with Crippen LogP contribution in [0.15, 0.2) is 66.7 Å². The van der Waals surface area contributed by atoms with Crippen molar-refractivity contribution in [2.45, 2.75) is 64.3 Å². The molecule has 0 aromatic heterocycles. The van der Waals surface area contributed by atoms with E-state index in [1.165, 1.54) is 27.9 Å². The van der Waals surface area contributed by atoms with Crippen LogP contribution in [0.3, 0.4) is 0 Å². The Morgan fingerprint density at radius 1 is 1.00 bits per heavy atom. The Morgan fingerprint density at radius 3 is 2.42 bits per heavy atom. The van der Waals surface area contributed by atoms with E-state index in [1.807, 2.05) is 12.1 Å². The number of anilines is 1. The molecule has 3 atom stereocenters. The van der Waals surface area contributed by atoms with Gasteiger partial charge >= 0.3 is 0 Å². The van der Waals surface area contributed by atoms with Gasteiger partial charge in [-0.1, -0.05) is 41.9 Å². The standard InChI is InChI=1S/C32H38ClN3O2/c1-21(2)38-28-16-11-24-17-19-36(31(29(24)20-28)25-7-12-26(33)13-8-25)27-14-9-23(10-15-27)22(3)35-18-5-6-30(35)32(37)34-4/h7-16,20-22,30-31H,5-6,17-19H2,1-4H3,(H,34,37)/t22-,30+,31-/m0/s1. The van der Waals surface area contributed by atoms with Crippen molar-refractivity contribution in [3.05, 3.63) is 94.0 Å². The Labute approximate surface area is 231 Å². The first kappa shape index (κ1) is 26.6. The zero-order valence-corrected chi connectivity index (χ0v) is 23.5. The Kier molecular flexibility index (Phi) is 7.96. The quantitative estimate of drug-likeness (QED) is 0.375. The lowest BCUT2D eigenvalue weighted by molar-refractivity contribution is -0.125. The number of hydrogen-bond acceptors (Lipinski definition) is 4. The molecule has 0 radical (unpaired) electrons. The predicted octanol–water partition coefficient (Wildman–Crippen LogP) is 6.55. The first-order valence-electron chi connectivity index (χ1n) is 13.7. The van der Waals surface area contributed by atoms with E-state index >= 15 is 0 Å². The average molecular weight is 532 g/mol. The van der Waals surface area contributed by atoms with Crippen LogP contribution in [0.2, 0.25) is 5.02 Å². The van der Waals surface area contributed by atoms with E-state index in [0.717, 1.165) is 43.1 Å². The molecule has 1 fully saturated rings. The Bertz CT molecular complexity index is 1260. The van der Waals surface area contributed by atoms with Crippen molar-refractivity contribution in [1.29, 1.82) is 0 Å². The fourth-order valence-electron chi connectivity index (χ4n) is 6.06. The zero-order valence-electron chi connectivity index (χ0n) is 22.8. The third-order valence-electron chi connectivity index (χ3n) is 7.95. The van der Waals surface area contributed by atoms with Gasteiger partial charge in [-0.25, -0.2) is 0 Å².